The van der Waals surface area contributed by atoms with Crippen molar-refractivity contribution in [1.82, 2.24) is 15.5 Å². The summed E-state index contributed by atoms with van der Waals surface area (Å²) in [6.07, 6.45) is 0.724. The minimum absolute atomic E-state index is 0.0193. The van der Waals surface area contributed by atoms with Gasteiger partial charge in [-0.3, -0.25) is 14.5 Å². The summed E-state index contributed by atoms with van der Waals surface area (Å²) in [7, 11) is 3.07. The number of hydrogen-bond acceptors (Lipinski definition) is 5. The molecule has 154 valence electrons. The summed E-state index contributed by atoms with van der Waals surface area (Å²) in [5, 5.41) is 15.5. The quantitative estimate of drug-likeness (QED) is 0.693. The fourth-order valence-electron chi connectivity index (χ4n) is 3.75. The minimum Gasteiger partial charge on any atom is -0.504 e. The summed E-state index contributed by atoms with van der Waals surface area (Å²) >= 11 is 0. The zero-order valence-electron chi connectivity index (χ0n) is 16.9. The number of phenols is 1. The topological polar surface area (TPSA) is 90.9 Å². The monoisotopic (exact) mass is 397 g/mol. The first-order valence-corrected chi connectivity index (χ1v) is 9.64. The van der Waals surface area contributed by atoms with Crippen molar-refractivity contribution in [2.75, 3.05) is 27.2 Å². The molecule has 3 N–H and O–H groups in total. The molecule has 0 aromatic heterocycles. The number of hydrogen-bond donors (Lipinski definition) is 3. The second kappa shape index (κ2) is 8.96. The van der Waals surface area contributed by atoms with Crippen LogP contribution in [0.1, 0.15) is 35.7 Å². The van der Waals surface area contributed by atoms with Crippen molar-refractivity contribution in [3.05, 3.63) is 59.2 Å². The van der Waals surface area contributed by atoms with Crippen LogP contribution in [-0.2, 0) is 16.0 Å². The Bertz CT molecular complexity index is 885. The lowest BCUT2D eigenvalue weighted by Gasteiger charge is -2.35. The van der Waals surface area contributed by atoms with Crippen molar-refractivity contribution in [2.24, 2.45) is 0 Å². The Hall–Kier alpha value is -3.06. The van der Waals surface area contributed by atoms with Gasteiger partial charge in [0.05, 0.1) is 13.7 Å². The number of benzene rings is 2. The van der Waals surface area contributed by atoms with Gasteiger partial charge in [-0.15, -0.1) is 0 Å². The Morgan fingerprint density at radius 2 is 2.00 bits per heavy atom. The van der Waals surface area contributed by atoms with E-state index in [9.17, 15) is 14.7 Å². The van der Waals surface area contributed by atoms with Gasteiger partial charge in [-0.1, -0.05) is 30.3 Å². The molecule has 2 unspecified atom stereocenters. The molecule has 29 heavy (non-hydrogen) atoms. The zero-order valence-corrected chi connectivity index (χ0v) is 16.9. The highest BCUT2D eigenvalue weighted by molar-refractivity contribution is 5.89. The smallest absolute Gasteiger partial charge is 0.246 e. The first kappa shape index (κ1) is 20.7. The normalized spacial score (nSPS) is 17.1. The molecule has 1 aliphatic rings. The molecule has 0 aliphatic carbocycles. The molecule has 0 saturated heterocycles. The average Bonchev–Trinajstić information content (AvgIpc) is 2.74. The van der Waals surface area contributed by atoms with E-state index in [4.69, 9.17) is 4.74 Å². The third-order valence-electron chi connectivity index (χ3n) is 5.40. The van der Waals surface area contributed by atoms with Crippen LogP contribution in [0, 0.1) is 0 Å². The summed E-state index contributed by atoms with van der Waals surface area (Å²) < 4.78 is 5.22. The van der Waals surface area contributed by atoms with Crippen LogP contribution in [0.3, 0.4) is 0 Å². The van der Waals surface area contributed by atoms with Crippen LogP contribution < -0.4 is 15.4 Å². The lowest BCUT2D eigenvalue weighted by molar-refractivity contribution is -0.129. The van der Waals surface area contributed by atoms with Crippen molar-refractivity contribution in [2.45, 2.75) is 25.4 Å². The Kier molecular flexibility index (Phi) is 6.39. The van der Waals surface area contributed by atoms with Gasteiger partial charge in [0, 0.05) is 19.6 Å². The predicted octanol–water partition coefficient (Wildman–Crippen LogP) is 1.92. The largest absolute Gasteiger partial charge is 0.504 e. The predicted molar refractivity (Wildman–Crippen MR) is 110 cm³/mol. The molecule has 0 bridgehead atoms. The van der Waals surface area contributed by atoms with Crippen molar-refractivity contribution in [3.8, 4) is 11.5 Å². The Balaban J connectivity index is 1.72. The van der Waals surface area contributed by atoms with Gasteiger partial charge in [0.25, 0.3) is 0 Å². The molecular formula is C22H27N3O4. The van der Waals surface area contributed by atoms with E-state index in [1.165, 1.54) is 7.11 Å². The number of nitrogens with zero attached hydrogens (tertiary/aromatic N) is 1. The van der Waals surface area contributed by atoms with Gasteiger partial charge in [0.1, 0.15) is 6.04 Å². The third-order valence-corrected chi connectivity index (χ3v) is 5.40. The molecule has 2 aromatic rings. The second-order valence-corrected chi connectivity index (χ2v) is 7.14. The van der Waals surface area contributed by atoms with E-state index in [2.05, 4.69) is 15.5 Å². The third kappa shape index (κ3) is 4.51. The molecule has 0 radical (unpaired) electrons. The van der Waals surface area contributed by atoms with Crippen molar-refractivity contribution < 1.29 is 19.4 Å². The summed E-state index contributed by atoms with van der Waals surface area (Å²) in [6, 6.07) is 12.0. The molecule has 0 spiro atoms. The van der Waals surface area contributed by atoms with E-state index in [1.54, 1.807) is 13.1 Å². The Morgan fingerprint density at radius 3 is 2.66 bits per heavy atom. The van der Waals surface area contributed by atoms with E-state index in [-0.39, 0.29) is 30.2 Å². The molecule has 2 atom stereocenters. The van der Waals surface area contributed by atoms with Gasteiger partial charge in [-0.25, -0.2) is 0 Å². The van der Waals surface area contributed by atoms with Crippen molar-refractivity contribution in [3.63, 3.8) is 0 Å². The maximum absolute atomic E-state index is 12.8. The number of nitrogens with one attached hydrogen (secondary N) is 2. The number of fused-ring (bicyclic) bond motifs is 1. The van der Waals surface area contributed by atoms with Crippen LogP contribution in [-0.4, -0.2) is 49.1 Å². The number of aromatic hydroxyl groups is 1. The minimum atomic E-state index is -0.738. The van der Waals surface area contributed by atoms with Crippen LogP contribution >= 0.6 is 0 Å². The highest BCUT2D eigenvalue weighted by Gasteiger charge is 2.28. The van der Waals surface area contributed by atoms with Gasteiger partial charge in [-0.05, 0) is 42.2 Å². The fourth-order valence-corrected chi connectivity index (χ4v) is 3.75. The van der Waals surface area contributed by atoms with Crippen LogP contribution in [0.4, 0.5) is 0 Å². The highest BCUT2D eigenvalue weighted by atomic mass is 16.5. The number of phenolic OH excluding ortho intramolecular Hbond substituents is 1. The van der Waals surface area contributed by atoms with Crippen molar-refractivity contribution in [1.29, 1.82) is 0 Å². The Labute approximate surface area is 170 Å². The molecule has 7 nitrogen and oxygen atoms in total. The van der Waals surface area contributed by atoms with E-state index in [1.807, 2.05) is 43.3 Å². The van der Waals surface area contributed by atoms with Gasteiger partial charge < -0.3 is 20.5 Å². The molecular weight excluding hydrogens is 370 g/mol. The zero-order chi connectivity index (χ0) is 21.0. The summed E-state index contributed by atoms with van der Waals surface area (Å²) in [4.78, 5) is 27.1. The lowest BCUT2D eigenvalue weighted by atomic mass is 9.93. The number of carbonyl (C=O) groups is 2. The van der Waals surface area contributed by atoms with Gasteiger partial charge >= 0.3 is 0 Å². The number of amides is 2. The Morgan fingerprint density at radius 1 is 1.28 bits per heavy atom. The second-order valence-electron chi connectivity index (χ2n) is 7.14. The molecule has 3 rings (SSSR count). The van der Waals surface area contributed by atoms with E-state index < -0.39 is 6.04 Å². The molecule has 2 amide bonds. The number of carbonyl (C=O) groups excluding carboxylic acids is 2. The summed E-state index contributed by atoms with van der Waals surface area (Å²) in [5.41, 5.74) is 2.82. The lowest BCUT2D eigenvalue weighted by Crippen LogP contribution is -2.45. The first-order valence-electron chi connectivity index (χ1n) is 9.64. The SMILES string of the molecule is CNC(=O)C(NC(=O)CN1CCc2cc(O)c(OC)cc2C1C)c1ccccc1. The maximum Gasteiger partial charge on any atom is 0.246 e. The summed E-state index contributed by atoms with van der Waals surface area (Å²) in [6.45, 7) is 2.88. The fraction of sp³-hybridized carbons (Fsp3) is 0.364. The number of methoxy groups -OCH3 is 1. The highest BCUT2D eigenvalue weighted by Crippen LogP contribution is 2.37. The van der Waals surface area contributed by atoms with Gasteiger partial charge in [-0.2, -0.15) is 0 Å². The summed E-state index contributed by atoms with van der Waals surface area (Å²) in [5.74, 6) is 0.0666. The number of rotatable bonds is 6. The number of likely N-dealkylation sites (N-methyl/N-ethyl adjacent to an activating group) is 1. The number of ether oxygens (including phenoxy) is 1. The van der Waals surface area contributed by atoms with Crippen molar-refractivity contribution >= 4 is 11.8 Å². The molecule has 7 heteroatoms. The van der Waals surface area contributed by atoms with E-state index in [0.29, 0.717) is 12.3 Å². The molecule has 0 fully saturated rings. The maximum atomic E-state index is 12.8. The van der Waals surface area contributed by atoms with Crippen LogP contribution in [0.25, 0.3) is 0 Å². The molecule has 1 aliphatic heterocycles. The van der Waals surface area contributed by atoms with E-state index in [0.717, 1.165) is 23.1 Å². The molecule has 1 heterocycles. The van der Waals surface area contributed by atoms with Crippen LogP contribution in [0.15, 0.2) is 42.5 Å². The molecule has 0 saturated carbocycles. The van der Waals surface area contributed by atoms with E-state index >= 15 is 0 Å². The van der Waals surface area contributed by atoms with Crippen LogP contribution in [0.5, 0.6) is 11.5 Å². The standard InChI is InChI=1S/C22H27N3O4/c1-14-17-12-19(29-3)18(26)11-16(17)9-10-25(14)13-20(27)24-21(22(28)23-2)15-7-5-4-6-8-15/h4-8,11-12,14,21,26H,9-10,13H2,1-3H3,(H,23,28)(H,24,27). The van der Waals surface area contributed by atoms with Gasteiger partial charge in [0.2, 0.25) is 11.8 Å². The first-order chi connectivity index (χ1) is 13.9. The molecule has 2 aromatic carbocycles. The average molecular weight is 397 g/mol. The van der Waals surface area contributed by atoms with Crippen LogP contribution in [0.2, 0.25) is 0 Å². The van der Waals surface area contributed by atoms with Gasteiger partial charge in [0.15, 0.2) is 11.5 Å².